The number of carbonyl (C=O) groups is 1. The maximum atomic E-state index is 11.1. The maximum Gasteiger partial charge on any atom is 0.430 e. The quantitative estimate of drug-likeness (QED) is 0.729. The highest BCUT2D eigenvalue weighted by Crippen LogP contribution is 2.28. The van der Waals surface area contributed by atoms with E-state index in [0.717, 1.165) is 0 Å². The number of hydrogen-bond donors (Lipinski definition) is 3. The lowest BCUT2D eigenvalue weighted by Gasteiger charge is -2.05. The minimum atomic E-state index is -4.53. The Morgan fingerprint density at radius 2 is 1.62 bits per heavy atom. The summed E-state index contributed by atoms with van der Waals surface area (Å²) >= 11 is 5.56. The van der Waals surface area contributed by atoms with E-state index in [1.165, 1.54) is 29.4 Å². The van der Waals surface area contributed by atoms with Crippen LogP contribution in [0.15, 0.2) is 24.3 Å². The first kappa shape index (κ1) is 18.1. The number of hydrogen-bond acceptors (Lipinski definition) is 2. The van der Waals surface area contributed by atoms with Crippen molar-refractivity contribution >= 4 is 50.1 Å². The Kier molecular flexibility index (Phi) is 8.04. The Hall–Kier alpha value is -0.290. The largest absolute Gasteiger partial charge is 0.430 e. The average Bonchev–Trinajstić information content (AvgIpc) is 2.02. The molecule has 0 fully saturated rings. The first-order chi connectivity index (χ1) is 6.38. The molecule has 0 aromatic heterocycles. The molecule has 0 atom stereocenters. The van der Waals surface area contributed by atoms with Gasteiger partial charge in [0.25, 0.3) is 5.91 Å². The molecule has 16 heavy (non-hydrogen) atoms. The fourth-order valence-electron chi connectivity index (χ4n) is 0.798. The average molecular weight is 308 g/mol. The molecule has 0 unspecified atom stereocenters. The zero-order chi connectivity index (χ0) is 10.8. The standard InChI is InChI=1S/C7H7ClNO4P.2ClH/c8-6-3-1-5(2-4-6)7(10)9-14(11,12)13;;/h1-4H,(H3,9,10,11,12,13);2*1H. The predicted molar refractivity (Wildman–Crippen MR) is 65.5 cm³/mol. The number of halogens is 3. The highest BCUT2D eigenvalue weighted by Gasteiger charge is 2.17. The second-order valence-corrected chi connectivity index (χ2v) is 4.24. The van der Waals surface area contributed by atoms with Crippen LogP contribution in [0, 0.1) is 0 Å². The van der Waals surface area contributed by atoms with Crippen LogP contribution in [0.3, 0.4) is 0 Å². The van der Waals surface area contributed by atoms with Gasteiger partial charge in [0, 0.05) is 10.6 Å². The summed E-state index contributed by atoms with van der Waals surface area (Å²) in [6.07, 6.45) is 0. The number of nitrogens with one attached hydrogen (secondary N) is 1. The van der Waals surface area contributed by atoms with Gasteiger partial charge < -0.3 is 9.79 Å². The minimum Gasteiger partial charge on any atom is -0.308 e. The molecular formula is C7H9Cl3NO4P. The van der Waals surface area contributed by atoms with Crippen LogP contribution in [0.4, 0.5) is 0 Å². The van der Waals surface area contributed by atoms with Crippen molar-refractivity contribution in [2.24, 2.45) is 0 Å². The maximum absolute atomic E-state index is 11.1. The molecular weight excluding hydrogens is 299 g/mol. The summed E-state index contributed by atoms with van der Waals surface area (Å²) in [4.78, 5) is 28.0. The van der Waals surface area contributed by atoms with E-state index in [4.69, 9.17) is 21.4 Å². The van der Waals surface area contributed by atoms with Gasteiger partial charge in [0.1, 0.15) is 0 Å². The van der Waals surface area contributed by atoms with Crippen molar-refractivity contribution in [1.82, 2.24) is 5.09 Å². The molecule has 0 aliphatic carbocycles. The Morgan fingerprint density at radius 1 is 1.19 bits per heavy atom. The molecule has 3 N–H and O–H groups in total. The lowest BCUT2D eigenvalue weighted by atomic mass is 10.2. The molecule has 0 radical (unpaired) electrons. The lowest BCUT2D eigenvalue weighted by Crippen LogP contribution is -2.19. The second kappa shape index (κ2) is 7.12. The topological polar surface area (TPSA) is 86.6 Å². The molecule has 0 aliphatic heterocycles. The summed E-state index contributed by atoms with van der Waals surface area (Å²) in [5, 5.41) is 1.98. The van der Waals surface area contributed by atoms with Crippen molar-refractivity contribution in [3.63, 3.8) is 0 Å². The molecule has 0 bridgehead atoms. The molecule has 0 spiro atoms. The highest BCUT2D eigenvalue weighted by molar-refractivity contribution is 7.50. The van der Waals surface area contributed by atoms with Crippen LogP contribution in [-0.2, 0) is 4.57 Å². The van der Waals surface area contributed by atoms with Gasteiger partial charge >= 0.3 is 7.75 Å². The number of rotatable bonds is 2. The van der Waals surface area contributed by atoms with E-state index in [1.807, 2.05) is 0 Å². The molecule has 0 aliphatic rings. The van der Waals surface area contributed by atoms with E-state index < -0.39 is 13.7 Å². The molecule has 9 heteroatoms. The third-order valence-corrected chi connectivity index (χ3v) is 2.10. The molecule has 1 amide bonds. The normalized spacial score (nSPS) is 9.69. The molecule has 0 heterocycles. The van der Waals surface area contributed by atoms with E-state index in [2.05, 4.69) is 0 Å². The summed E-state index contributed by atoms with van der Waals surface area (Å²) in [5.41, 5.74) is 0.137. The summed E-state index contributed by atoms with van der Waals surface area (Å²) in [5.74, 6) is -0.838. The van der Waals surface area contributed by atoms with Crippen molar-refractivity contribution in [2.75, 3.05) is 0 Å². The van der Waals surface area contributed by atoms with E-state index in [-0.39, 0.29) is 30.4 Å². The Labute approximate surface area is 109 Å². The van der Waals surface area contributed by atoms with Gasteiger partial charge in [-0.25, -0.2) is 4.57 Å². The van der Waals surface area contributed by atoms with E-state index in [0.29, 0.717) is 5.02 Å². The third-order valence-electron chi connectivity index (χ3n) is 1.35. The molecule has 1 aromatic rings. The van der Waals surface area contributed by atoms with Gasteiger partial charge in [0.15, 0.2) is 0 Å². The van der Waals surface area contributed by atoms with Crippen molar-refractivity contribution in [1.29, 1.82) is 0 Å². The summed E-state index contributed by atoms with van der Waals surface area (Å²) < 4.78 is 10.4. The van der Waals surface area contributed by atoms with Crippen LogP contribution >= 0.6 is 44.2 Å². The van der Waals surface area contributed by atoms with Gasteiger partial charge in [0.05, 0.1) is 0 Å². The zero-order valence-electron chi connectivity index (χ0n) is 7.66. The van der Waals surface area contributed by atoms with Gasteiger partial charge in [-0.1, -0.05) is 11.6 Å². The number of amides is 1. The predicted octanol–water partition coefficient (Wildman–Crippen LogP) is 2.01. The molecule has 92 valence electrons. The van der Waals surface area contributed by atoms with Crippen molar-refractivity contribution < 1.29 is 19.1 Å². The summed E-state index contributed by atoms with van der Waals surface area (Å²) in [7, 11) is -4.53. The number of benzene rings is 1. The van der Waals surface area contributed by atoms with E-state index in [9.17, 15) is 9.36 Å². The first-order valence-electron chi connectivity index (χ1n) is 3.52. The SMILES string of the molecule is Cl.Cl.O=C(NP(=O)(O)O)c1ccc(Cl)cc1. The third kappa shape index (κ3) is 6.33. The Balaban J connectivity index is 0. The first-order valence-corrected chi connectivity index (χ1v) is 5.51. The van der Waals surface area contributed by atoms with Gasteiger partial charge in [0.2, 0.25) is 0 Å². The van der Waals surface area contributed by atoms with Gasteiger partial charge in [-0.3, -0.25) is 9.88 Å². The van der Waals surface area contributed by atoms with Crippen LogP contribution in [0.2, 0.25) is 5.02 Å². The monoisotopic (exact) mass is 307 g/mol. The van der Waals surface area contributed by atoms with Crippen LogP contribution in [-0.4, -0.2) is 15.7 Å². The van der Waals surface area contributed by atoms with E-state index in [1.54, 1.807) is 0 Å². The van der Waals surface area contributed by atoms with Gasteiger partial charge in [-0.2, -0.15) is 0 Å². The van der Waals surface area contributed by atoms with E-state index >= 15 is 0 Å². The van der Waals surface area contributed by atoms with Crippen molar-refractivity contribution in [2.45, 2.75) is 0 Å². The number of carbonyl (C=O) groups excluding carboxylic acids is 1. The smallest absolute Gasteiger partial charge is 0.308 e. The fraction of sp³-hybridized carbons (Fsp3) is 0. The van der Waals surface area contributed by atoms with Crippen LogP contribution in [0.5, 0.6) is 0 Å². The molecule has 0 saturated carbocycles. The molecule has 5 nitrogen and oxygen atoms in total. The lowest BCUT2D eigenvalue weighted by molar-refractivity contribution is 0.0972. The summed E-state index contributed by atoms with van der Waals surface area (Å²) in [6, 6.07) is 5.65. The molecule has 1 aromatic carbocycles. The zero-order valence-corrected chi connectivity index (χ0v) is 10.9. The fourth-order valence-corrected chi connectivity index (χ4v) is 1.32. The summed E-state index contributed by atoms with van der Waals surface area (Å²) in [6.45, 7) is 0. The highest BCUT2D eigenvalue weighted by atomic mass is 35.5. The second-order valence-electron chi connectivity index (χ2n) is 2.49. The van der Waals surface area contributed by atoms with Crippen molar-refractivity contribution in [3.05, 3.63) is 34.9 Å². The van der Waals surface area contributed by atoms with Crippen molar-refractivity contribution in [3.8, 4) is 0 Å². The Morgan fingerprint density at radius 3 is 2.00 bits per heavy atom. The van der Waals surface area contributed by atoms with Gasteiger partial charge in [-0.05, 0) is 24.3 Å². The van der Waals surface area contributed by atoms with Crippen LogP contribution in [0.25, 0.3) is 0 Å². The molecule has 0 saturated heterocycles. The van der Waals surface area contributed by atoms with Crippen LogP contribution in [0.1, 0.15) is 10.4 Å². The Bertz CT molecular complexity index is 391. The van der Waals surface area contributed by atoms with Crippen LogP contribution < -0.4 is 5.09 Å². The molecule has 1 rings (SSSR count). The minimum absolute atomic E-state index is 0. The van der Waals surface area contributed by atoms with Gasteiger partial charge in [-0.15, -0.1) is 24.8 Å².